The summed E-state index contributed by atoms with van der Waals surface area (Å²) in [5, 5.41) is 7.26. The maximum Gasteiger partial charge on any atom is 0.330 e. The molecule has 0 radical (unpaired) electrons. The lowest BCUT2D eigenvalue weighted by Crippen LogP contribution is -2.42. The lowest BCUT2D eigenvalue weighted by molar-refractivity contribution is 0.329. The van der Waals surface area contributed by atoms with Crippen molar-refractivity contribution in [2.24, 2.45) is 14.1 Å². The number of rotatable bonds is 5. The van der Waals surface area contributed by atoms with E-state index in [2.05, 4.69) is 20.4 Å². The predicted octanol–water partition coefficient (Wildman–Crippen LogP) is 0.710. The third-order valence-electron chi connectivity index (χ3n) is 5.46. The molecule has 12 heteroatoms. The summed E-state index contributed by atoms with van der Waals surface area (Å²) in [5.41, 5.74) is 1.14. The second-order valence-corrected chi connectivity index (χ2v) is 9.82. The molecule has 4 rings (SSSR count). The molecule has 3 aromatic heterocycles. The van der Waals surface area contributed by atoms with E-state index in [1.54, 1.807) is 29.4 Å². The van der Waals surface area contributed by atoms with Crippen molar-refractivity contribution in [1.82, 2.24) is 33.2 Å². The first-order valence-electron chi connectivity index (χ1n) is 9.87. The summed E-state index contributed by atoms with van der Waals surface area (Å²) in [4.78, 5) is 21.6. The summed E-state index contributed by atoms with van der Waals surface area (Å²) in [5.74, 6) is 0.441. The number of piperidine rings is 1. The smallest absolute Gasteiger partial charge is 0.330 e. The molecule has 0 unspecified atom stereocenters. The maximum atomic E-state index is 12.7. The number of sulfonamides is 1. The molecule has 30 heavy (non-hydrogen) atoms. The lowest BCUT2D eigenvalue weighted by atomic mass is 10.1. The Morgan fingerprint density at radius 1 is 1.17 bits per heavy atom. The molecule has 1 aliphatic rings. The highest BCUT2D eigenvalue weighted by Gasteiger charge is 2.30. The summed E-state index contributed by atoms with van der Waals surface area (Å²) >= 11 is 0. The van der Waals surface area contributed by atoms with Crippen LogP contribution in [-0.2, 0) is 24.1 Å². The van der Waals surface area contributed by atoms with Crippen LogP contribution in [-0.4, -0.2) is 60.7 Å². The van der Waals surface area contributed by atoms with E-state index in [0.717, 1.165) is 0 Å². The van der Waals surface area contributed by atoms with Gasteiger partial charge in [0.25, 0.3) is 0 Å². The van der Waals surface area contributed by atoms with Crippen molar-refractivity contribution < 1.29 is 8.42 Å². The van der Waals surface area contributed by atoms with Gasteiger partial charge in [-0.05, 0) is 26.7 Å². The number of aryl methyl sites for hydroxylation is 2. The van der Waals surface area contributed by atoms with Crippen molar-refractivity contribution in [3.63, 3.8) is 0 Å². The fourth-order valence-electron chi connectivity index (χ4n) is 3.77. The molecule has 0 amide bonds. The van der Waals surface area contributed by atoms with E-state index in [1.165, 1.54) is 21.4 Å². The van der Waals surface area contributed by atoms with Crippen LogP contribution in [0.2, 0.25) is 0 Å². The summed E-state index contributed by atoms with van der Waals surface area (Å²) in [6, 6.07) is 0.0237. The highest BCUT2D eigenvalue weighted by atomic mass is 32.2. The van der Waals surface area contributed by atoms with Crippen molar-refractivity contribution in [3.8, 4) is 0 Å². The molecule has 0 bridgehead atoms. The van der Waals surface area contributed by atoms with Gasteiger partial charge in [-0.25, -0.2) is 18.2 Å². The normalized spacial score (nSPS) is 16.6. The molecule has 1 saturated heterocycles. The molecule has 1 aliphatic heterocycles. The fourth-order valence-corrected chi connectivity index (χ4v) is 5.23. The Morgan fingerprint density at radius 3 is 2.47 bits per heavy atom. The Labute approximate surface area is 174 Å². The number of aromatic nitrogens is 6. The third-order valence-corrected chi connectivity index (χ3v) is 7.31. The van der Waals surface area contributed by atoms with Crippen LogP contribution < -0.4 is 11.0 Å². The van der Waals surface area contributed by atoms with Crippen LogP contribution in [0.3, 0.4) is 0 Å². The van der Waals surface area contributed by atoms with E-state index >= 15 is 0 Å². The highest BCUT2D eigenvalue weighted by molar-refractivity contribution is 7.89. The Bertz CT molecular complexity index is 1230. The quantitative estimate of drug-likeness (QED) is 0.628. The zero-order chi connectivity index (χ0) is 21.6. The molecule has 0 atom stereocenters. The number of imidazole rings is 1. The molecular formula is C18H26N8O3S. The summed E-state index contributed by atoms with van der Waals surface area (Å²) in [7, 11) is -0.135. The topological polar surface area (TPSA) is 120 Å². The van der Waals surface area contributed by atoms with Crippen LogP contribution in [0, 0.1) is 0 Å². The molecule has 0 aromatic carbocycles. The van der Waals surface area contributed by atoms with Crippen molar-refractivity contribution >= 4 is 27.1 Å². The van der Waals surface area contributed by atoms with Gasteiger partial charge in [-0.2, -0.15) is 14.4 Å². The van der Waals surface area contributed by atoms with Crippen LogP contribution >= 0.6 is 0 Å². The summed E-state index contributed by atoms with van der Waals surface area (Å²) in [6.07, 6.45) is 5.79. The van der Waals surface area contributed by atoms with E-state index < -0.39 is 10.0 Å². The van der Waals surface area contributed by atoms with Gasteiger partial charge in [-0.15, -0.1) is 0 Å². The lowest BCUT2D eigenvalue weighted by Gasteiger charge is -2.31. The second kappa shape index (κ2) is 7.51. The highest BCUT2D eigenvalue weighted by Crippen LogP contribution is 2.22. The maximum absolute atomic E-state index is 12.7. The molecule has 1 fully saturated rings. The van der Waals surface area contributed by atoms with Crippen molar-refractivity contribution in [1.29, 1.82) is 0 Å². The van der Waals surface area contributed by atoms with Gasteiger partial charge < -0.3 is 5.32 Å². The molecule has 0 aliphatic carbocycles. The van der Waals surface area contributed by atoms with Crippen LogP contribution in [0.1, 0.15) is 32.7 Å². The van der Waals surface area contributed by atoms with Gasteiger partial charge in [0.15, 0.2) is 5.65 Å². The predicted molar refractivity (Wildman–Crippen MR) is 112 cm³/mol. The van der Waals surface area contributed by atoms with Crippen LogP contribution in [0.15, 0.2) is 28.3 Å². The van der Waals surface area contributed by atoms with Gasteiger partial charge >= 0.3 is 5.69 Å². The molecule has 0 saturated carbocycles. The average molecular weight is 435 g/mol. The van der Waals surface area contributed by atoms with Gasteiger partial charge in [0.05, 0.1) is 12.4 Å². The zero-order valence-corrected chi connectivity index (χ0v) is 18.3. The number of hydrogen-bond donors (Lipinski definition) is 1. The van der Waals surface area contributed by atoms with Crippen LogP contribution in [0.25, 0.3) is 11.2 Å². The van der Waals surface area contributed by atoms with Gasteiger partial charge in [0, 0.05) is 45.5 Å². The molecule has 1 N–H and O–H groups in total. The number of nitrogens with one attached hydrogen (secondary N) is 1. The number of fused-ring (bicyclic) bond motifs is 1. The number of anilines is 1. The Hall–Kier alpha value is -2.73. The van der Waals surface area contributed by atoms with E-state index in [0.29, 0.717) is 43.0 Å². The van der Waals surface area contributed by atoms with Gasteiger partial charge in [0.1, 0.15) is 10.4 Å². The summed E-state index contributed by atoms with van der Waals surface area (Å²) < 4.78 is 31.6. The zero-order valence-electron chi connectivity index (χ0n) is 17.5. The Morgan fingerprint density at radius 2 is 1.87 bits per heavy atom. The van der Waals surface area contributed by atoms with E-state index in [9.17, 15) is 13.2 Å². The third kappa shape index (κ3) is 3.49. The van der Waals surface area contributed by atoms with E-state index in [1.807, 2.05) is 13.8 Å². The first kappa shape index (κ1) is 20.5. The number of hydrogen-bond acceptors (Lipinski definition) is 7. The van der Waals surface area contributed by atoms with E-state index in [4.69, 9.17) is 0 Å². The average Bonchev–Trinajstić information content (AvgIpc) is 3.24. The SMILES string of the molecule is CC(C)n1c(=O)n(C)c2cnc(NC3CCN(S(=O)(=O)c4cnn(C)c4)CC3)nc21. The monoisotopic (exact) mass is 434 g/mol. The fraction of sp³-hybridized carbons (Fsp3) is 0.556. The van der Waals surface area contributed by atoms with Crippen molar-refractivity contribution in [3.05, 3.63) is 29.1 Å². The second-order valence-electron chi connectivity index (χ2n) is 7.88. The summed E-state index contributed by atoms with van der Waals surface area (Å²) in [6.45, 7) is 4.68. The van der Waals surface area contributed by atoms with Crippen molar-refractivity contribution in [2.45, 2.75) is 43.7 Å². The van der Waals surface area contributed by atoms with Gasteiger partial charge in [-0.3, -0.25) is 13.8 Å². The van der Waals surface area contributed by atoms with Crippen LogP contribution in [0.5, 0.6) is 0 Å². The number of nitrogens with zero attached hydrogens (tertiary/aromatic N) is 7. The van der Waals surface area contributed by atoms with E-state index in [-0.39, 0.29) is 22.7 Å². The minimum Gasteiger partial charge on any atom is -0.351 e. The van der Waals surface area contributed by atoms with Crippen molar-refractivity contribution in [2.75, 3.05) is 18.4 Å². The molecule has 4 heterocycles. The minimum atomic E-state index is -3.53. The Balaban J connectivity index is 1.48. The minimum absolute atomic E-state index is 0.0233. The van der Waals surface area contributed by atoms with Crippen LogP contribution in [0.4, 0.5) is 5.95 Å². The van der Waals surface area contributed by atoms with Gasteiger partial charge in [0.2, 0.25) is 16.0 Å². The molecule has 3 aromatic rings. The molecule has 0 spiro atoms. The molecular weight excluding hydrogens is 408 g/mol. The molecule has 162 valence electrons. The first-order valence-corrected chi connectivity index (χ1v) is 11.3. The first-order chi connectivity index (χ1) is 14.2. The molecule has 11 nitrogen and oxygen atoms in total. The standard InChI is InChI=1S/C18H26N8O3S/c1-12(2)26-16-15(24(4)18(26)27)10-19-17(22-16)21-13-5-7-25(8-6-13)30(28,29)14-9-20-23(3)11-14/h9-13H,5-8H2,1-4H3,(H,19,21,22). The largest absolute Gasteiger partial charge is 0.351 e. The Kier molecular flexibility index (Phi) is 5.14. The van der Waals surface area contributed by atoms with Gasteiger partial charge in [-0.1, -0.05) is 0 Å².